The molecule has 2 fully saturated rings. The van der Waals surface area contributed by atoms with Gasteiger partial charge in [-0.1, -0.05) is 17.3 Å². The summed E-state index contributed by atoms with van der Waals surface area (Å²) >= 11 is 0. The van der Waals surface area contributed by atoms with Crippen molar-refractivity contribution in [2.45, 2.75) is 57.3 Å². The fourth-order valence-corrected chi connectivity index (χ4v) is 4.65. The second-order valence-electron chi connectivity index (χ2n) is 9.10. The van der Waals surface area contributed by atoms with Crippen molar-refractivity contribution < 1.29 is 18.8 Å². The minimum absolute atomic E-state index is 0.0601. The van der Waals surface area contributed by atoms with Gasteiger partial charge in [-0.05, 0) is 63.1 Å². The molecular weight excluding hydrogens is 408 g/mol. The van der Waals surface area contributed by atoms with Crippen LogP contribution in [-0.4, -0.2) is 61.1 Å². The molecule has 0 spiro atoms. The number of benzene rings is 1. The Morgan fingerprint density at radius 3 is 2.72 bits per heavy atom. The van der Waals surface area contributed by atoms with E-state index in [-0.39, 0.29) is 17.4 Å². The number of hydrogen-bond acceptors (Lipinski definition) is 6. The Balaban J connectivity index is 1.44. The van der Waals surface area contributed by atoms with E-state index in [2.05, 4.69) is 16.5 Å². The number of urea groups is 1. The molecule has 0 radical (unpaired) electrons. The number of likely N-dealkylation sites (tertiary alicyclic amines) is 1. The predicted octanol–water partition coefficient (Wildman–Crippen LogP) is 4.18. The third-order valence-corrected chi connectivity index (χ3v) is 6.91. The second-order valence-corrected chi connectivity index (χ2v) is 9.10. The quantitative estimate of drug-likeness (QED) is 0.722. The fourth-order valence-electron chi connectivity index (χ4n) is 4.65. The number of aryl methyl sites for hydroxylation is 2. The number of anilines is 1. The number of nitrogens with zero attached hydrogens (tertiary/aromatic N) is 3. The number of methoxy groups -OCH3 is 1. The lowest BCUT2D eigenvalue weighted by Gasteiger charge is -2.39. The average molecular weight is 443 g/mol. The number of carbonyl (C=O) groups is 1. The highest BCUT2D eigenvalue weighted by Gasteiger charge is 2.41. The van der Waals surface area contributed by atoms with Gasteiger partial charge in [0.25, 0.3) is 0 Å². The van der Waals surface area contributed by atoms with Gasteiger partial charge in [-0.2, -0.15) is 4.98 Å². The molecule has 2 aromatic rings. The highest BCUT2D eigenvalue weighted by molar-refractivity contribution is 5.90. The van der Waals surface area contributed by atoms with E-state index >= 15 is 0 Å². The molecular formula is C24H34N4O4. The van der Waals surface area contributed by atoms with Gasteiger partial charge in [-0.15, -0.1) is 0 Å². The largest absolute Gasteiger partial charge is 0.385 e. The van der Waals surface area contributed by atoms with Gasteiger partial charge in [0.2, 0.25) is 5.89 Å². The normalized spacial score (nSPS) is 19.2. The summed E-state index contributed by atoms with van der Waals surface area (Å²) < 4.78 is 16.5. The second kappa shape index (κ2) is 10.0. The van der Waals surface area contributed by atoms with Gasteiger partial charge in [0.1, 0.15) is 0 Å². The van der Waals surface area contributed by atoms with Crippen LogP contribution in [0, 0.1) is 13.8 Å². The van der Waals surface area contributed by atoms with Crippen molar-refractivity contribution in [3.63, 3.8) is 0 Å². The summed E-state index contributed by atoms with van der Waals surface area (Å²) in [6.07, 6.45) is 4.20. The van der Waals surface area contributed by atoms with Crippen LogP contribution in [0.25, 0.3) is 0 Å². The smallest absolute Gasteiger partial charge is 0.321 e. The molecule has 3 heterocycles. The van der Waals surface area contributed by atoms with Gasteiger partial charge in [-0.25, -0.2) is 4.79 Å². The Morgan fingerprint density at radius 1 is 1.25 bits per heavy atom. The molecule has 1 N–H and O–H groups in total. The third kappa shape index (κ3) is 4.96. The summed E-state index contributed by atoms with van der Waals surface area (Å²) in [5.74, 6) is 1.74. The topological polar surface area (TPSA) is 89.7 Å². The Labute approximate surface area is 189 Å². The molecule has 4 rings (SSSR count). The van der Waals surface area contributed by atoms with Crippen molar-refractivity contribution in [1.82, 2.24) is 15.0 Å². The molecule has 0 bridgehead atoms. The molecule has 0 unspecified atom stereocenters. The van der Waals surface area contributed by atoms with E-state index in [1.807, 2.05) is 30.9 Å². The average Bonchev–Trinajstić information content (AvgIpc) is 3.32. The van der Waals surface area contributed by atoms with E-state index in [0.29, 0.717) is 19.7 Å². The Morgan fingerprint density at radius 2 is 2.00 bits per heavy atom. The van der Waals surface area contributed by atoms with E-state index < -0.39 is 0 Å². The summed E-state index contributed by atoms with van der Waals surface area (Å²) in [4.78, 5) is 19.6. The van der Waals surface area contributed by atoms with Crippen LogP contribution in [0.5, 0.6) is 0 Å². The molecule has 174 valence electrons. The van der Waals surface area contributed by atoms with Crippen LogP contribution >= 0.6 is 0 Å². The van der Waals surface area contributed by atoms with Crippen LogP contribution in [0.15, 0.2) is 22.7 Å². The Bertz CT molecular complexity index is 914. The molecule has 2 saturated heterocycles. The zero-order chi connectivity index (χ0) is 22.6. The van der Waals surface area contributed by atoms with Crippen LogP contribution in [0.2, 0.25) is 0 Å². The molecule has 0 saturated carbocycles. The number of piperidine rings is 1. The summed E-state index contributed by atoms with van der Waals surface area (Å²) in [6, 6.07) is 6.03. The minimum Gasteiger partial charge on any atom is -0.385 e. The number of carbonyl (C=O) groups excluding carboxylic acids is 1. The monoisotopic (exact) mass is 442 g/mol. The fraction of sp³-hybridized carbons (Fsp3) is 0.625. The number of rotatable bonds is 6. The maximum absolute atomic E-state index is 12.9. The van der Waals surface area contributed by atoms with Gasteiger partial charge in [-0.3, -0.25) is 0 Å². The van der Waals surface area contributed by atoms with Crippen molar-refractivity contribution in [3.05, 3.63) is 41.0 Å². The lowest BCUT2D eigenvalue weighted by Crippen LogP contribution is -2.47. The molecule has 1 aromatic carbocycles. The summed E-state index contributed by atoms with van der Waals surface area (Å²) in [7, 11) is 1.71. The number of aromatic nitrogens is 2. The molecule has 2 aliphatic rings. The molecule has 8 nitrogen and oxygen atoms in total. The number of nitrogens with one attached hydrogen (secondary N) is 1. The molecule has 32 heavy (non-hydrogen) atoms. The first-order valence-electron chi connectivity index (χ1n) is 11.5. The highest BCUT2D eigenvalue weighted by Crippen LogP contribution is 2.38. The van der Waals surface area contributed by atoms with Gasteiger partial charge in [0.05, 0.1) is 0 Å². The van der Waals surface area contributed by atoms with Crippen molar-refractivity contribution >= 4 is 11.7 Å². The zero-order valence-corrected chi connectivity index (χ0v) is 19.4. The molecule has 0 atom stereocenters. The van der Waals surface area contributed by atoms with Gasteiger partial charge < -0.3 is 24.2 Å². The maximum atomic E-state index is 12.9. The van der Waals surface area contributed by atoms with Crippen LogP contribution in [0.3, 0.4) is 0 Å². The van der Waals surface area contributed by atoms with Crippen molar-refractivity contribution in [1.29, 1.82) is 0 Å². The predicted molar refractivity (Wildman–Crippen MR) is 121 cm³/mol. The molecule has 1 aromatic heterocycles. The van der Waals surface area contributed by atoms with E-state index in [4.69, 9.17) is 19.0 Å². The van der Waals surface area contributed by atoms with Gasteiger partial charge >= 0.3 is 6.03 Å². The lowest BCUT2D eigenvalue weighted by atomic mass is 9.75. The van der Waals surface area contributed by atoms with Gasteiger partial charge in [0.15, 0.2) is 5.82 Å². The number of hydrogen-bond donors (Lipinski definition) is 1. The van der Waals surface area contributed by atoms with Crippen LogP contribution in [0.4, 0.5) is 10.5 Å². The Kier molecular flexibility index (Phi) is 7.10. The van der Waals surface area contributed by atoms with Crippen LogP contribution < -0.4 is 5.32 Å². The van der Waals surface area contributed by atoms with Crippen molar-refractivity contribution in [3.8, 4) is 0 Å². The maximum Gasteiger partial charge on any atom is 0.321 e. The minimum atomic E-state index is -0.237. The number of ether oxygens (including phenoxy) is 2. The summed E-state index contributed by atoms with van der Waals surface area (Å²) in [6.45, 7) is 7.41. The SMILES string of the molecule is COCCC1(c2noc(C3CCOCC3)n2)CCN(C(=O)Nc2cc(C)ccc2C)CC1. The lowest BCUT2D eigenvalue weighted by molar-refractivity contribution is 0.0778. The van der Waals surface area contributed by atoms with E-state index in [1.165, 1.54) is 0 Å². The zero-order valence-electron chi connectivity index (χ0n) is 19.4. The van der Waals surface area contributed by atoms with Crippen LogP contribution in [-0.2, 0) is 14.9 Å². The Hall–Kier alpha value is -2.45. The van der Waals surface area contributed by atoms with Crippen LogP contribution in [0.1, 0.15) is 60.9 Å². The molecule has 2 amide bonds. The standard InChI is InChI=1S/C24H34N4O4/c1-17-4-5-18(2)20(16-17)25-23(29)28-11-8-24(9-12-28,10-15-30-3)22-26-21(32-27-22)19-6-13-31-14-7-19/h4-5,16,19H,6-15H2,1-3H3,(H,25,29). The first kappa shape index (κ1) is 22.7. The van der Waals surface area contributed by atoms with Crippen molar-refractivity contribution in [2.75, 3.05) is 45.3 Å². The first-order chi connectivity index (χ1) is 15.5. The van der Waals surface area contributed by atoms with E-state index in [0.717, 1.165) is 73.8 Å². The third-order valence-electron chi connectivity index (χ3n) is 6.91. The van der Waals surface area contributed by atoms with Crippen molar-refractivity contribution in [2.24, 2.45) is 0 Å². The number of amides is 2. The van der Waals surface area contributed by atoms with E-state index in [9.17, 15) is 4.79 Å². The first-order valence-corrected chi connectivity index (χ1v) is 11.5. The summed E-state index contributed by atoms with van der Waals surface area (Å²) in [5.41, 5.74) is 2.81. The molecule has 8 heteroatoms. The highest BCUT2D eigenvalue weighted by atomic mass is 16.5. The van der Waals surface area contributed by atoms with Gasteiger partial charge in [0, 0.05) is 57.0 Å². The van der Waals surface area contributed by atoms with E-state index in [1.54, 1.807) is 7.11 Å². The summed E-state index contributed by atoms with van der Waals surface area (Å²) in [5, 5.41) is 7.48. The molecule has 0 aliphatic carbocycles. The molecule has 2 aliphatic heterocycles.